The van der Waals surface area contributed by atoms with Gasteiger partial charge in [0.15, 0.2) is 8.32 Å². The summed E-state index contributed by atoms with van der Waals surface area (Å²) in [5, 5.41) is 10.5. The summed E-state index contributed by atoms with van der Waals surface area (Å²) in [6.45, 7) is 13.1. The molecule has 0 saturated carbocycles. The zero-order chi connectivity index (χ0) is 26.6. The molecule has 11 heteroatoms. The first-order valence-electron chi connectivity index (χ1n) is 11.5. The van der Waals surface area contributed by atoms with E-state index in [-0.39, 0.29) is 24.0 Å². The molecule has 1 aliphatic rings. The number of likely N-dealkylation sites (tertiary alicyclic amines) is 1. The molecule has 0 spiro atoms. The fourth-order valence-electron chi connectivity index (χ4n) is 3.21. The van der Waals surface area contributed by atoms with Crippen LogP contribution in [0, 0.1) is 0 Å². The van der Waals surface area contributed by atoms with E-state index in [2.05, 4.69) is 39.2 Å². The molecular formula is C24H34N2O7SSi. The Morgan fingerprint density at radius 2 is 1.69 bits per heavy atom. The molecule has 192 valence electrons. The minimum Gasteiger partial charge on any atom is -0.474 e. The van der Waals surface area contributed by atoms with Gasteiger partial charge in [-0.2, -0.15) is 0 Å². The second kappa shape index (κ2) is 11.5. The Kier molecular flexibility index (Phi) is 9.43. The number of carboxylic acid groups (broad SMARTS) is 1. The molecular weight excluding hydrogens is 488 g/mol. The van der Waals surface area contributed by atoms with Gasteiger partial charge in [0.25, 0.3) is 5.91 Å². The number of β-lactam (4-membered cyclic amide) rings is 1. The van der Waals surface area contributed by atoms with E-state index in [9.17, 15) is 24.0 Å². The van der Waals surface area contributed by atoms with Crippen molar-refractivity contribution in [2.75, 3.05) is 13.2 Å². The monoisotopic (exact) mass is 522 g/mol. The Morgan fingerprint density at radius 3 is 2.20 bits per heavy atom. The number of imide groups is 1. The quantitative estimate of drug-likeness (QED) is 0.287. The Hall–Kier alpha value is -2.50. The van der Waals surface area contributed by atoms with Crippen molar-refractivity contribution in [1.29, 1.82) is 0 Å². The van der Waals surface area contributed by atoms with Gasteiger partial charge in [-0.05, 0) is 55.2 Å². The number of hydrogen-bond acceptors (Lipinski definition) is 7. The maximum Gasteiger partial charge on any atom is 0.395 e. The zero-order valence-corrected chi connectivity index (χ0v) is 22.9. The first-order valence-corrected chi connectivity index (χ1v) is 15.3. The Balaban J connectivity index is 2.11. The number of carboxylic acids is 1. The van der Waals surface area contributed by atoms with Crippen molar-refractivity contribution in [1.82, 2.24) is 10.2 Å². The van der Waals surface area contributed by atoms with Gasteiger partial charge in [0.2, 0.25) is 11.0 Å². The van der Waals surface area contributed by atoms with E-state index in [1.807, 2.05) is 6.92 Å². The molecule has 2 N–H and O–H groups in total. The minimum absolute atomic E-state index is 0.0390. The van der Waals surface area contributed by atoms with Crippen LogP contribution in [0.2, 0.25) is 18.1 Å². The number of nitrogens with zero attached hydrogens (tertiary/aromatic N) is 1. The lowest BCUT2D eigenvalue weighted by Crippen LogP contribution is -2.67. The van der Waals surface area contributed by atoms with E-state index >= 15 is 0 Å². The first kappa shape index (κ1) is 28.7. The van der Waals surface area contributed by atoms with Gasteiger partial charge in [-0.15, -0.1) is 0 Å². The van der Waals surface area contributed by atoms with Crippen molar-refractivity contribution >= 4 is 48.9 Å². The molecule has 1 saturated heterocycles. The van der Waals surface area contributed by atoms with Gasteiger partial charge in [-0.3, -0.25) is 24.1 Å². The third kappa shape index (κ3) is 6.80. The molecule has 0 aromatic heterocycles. The molecule has 2 rings (SSSR count). The highest BCUT2D eigenvalue weighted by molar-refractivity contribution is 8.15. The smallest absolute Gasteiger partial charge is 0.395 e. The number of rotatable bonds is 9. The van der Waals surface area contributed by atoms with Crippen LogP contribution in [0.1, 0.15) is 61.3 Å². The van der Waals surface area contributed by atoms with Gasteiger partial charge in [0, 0.05) is 24.3 Å². The molecule has 0 radical (unpaired) electrons. The topological polar surface area (TPSA) is 130 Å². The molecule has 0 bridgehead atoms. The Bertz CT molecular complexity index is 989. The lowest BCUT2D eigenvalue weighted by molar-refractivity contribution is -0.168. The van der Waals surface area contributed by atoms with E-state index in [1.165, 1.54) is 24.3 Å². The van der Waals surface area contributed by atoms with Crippen LogP contribution in [0.15, 0.2) is 24.3 Å². The highest BCUT2D eigenvalue weighted by Gasteiger charge is 2.53. The van der Waals surface area contributed by atoms with E-state index in [1.54, 1.807) is 0 Å². The number of aliphatic carboxylic acids is 1. The standard InChI is InChI=1S/C24H34N2O7SSi/c1-7-13-25-19(27)15-8-10-16(11-9-15)23(32)34-18-17(26(20(18)28)21(29)22(30)31)12-14-33-35(5,6)24(2,3)4/h8-11,17-18H,7,12-14H2,1-6H3,(H,25,27)(H,30,31)/t17-,18+/m1/s1. The maximum atomic E-state index is 12.8. The number of thioether (sulfide) groups is 1. The third-order valence-corrected chi connectivity index (χ3v) is 12.2. The summed E-state index contributed by atoms with van der Waals surface area (Å²) < 4.78 is 6.14. The molecule has 35 heavy (non-hydrogen) atoms. The van der Waals surface area contributed by atoms with Gasteiger partial charge in [-0.1, -0.05) is 39.5 Å². The van der Waals surface area contributed by atoms with Crippen molar-refractivity contribution < 1.29 is 33.5 Å². The van der Waals surface area contributed by atoms with Gasteiger partial charge in [0.05, 0.1) is 6.04 Å². The lowest BCUT2D eigenvalue weighted by atomic mass is 9.98. The largest absolute Gasteiger partial charge is 0.474 e. The third-order valence-electron chi connectivity index (χ3n) is 6.40. The van der Waals surface area contributed by atoms with Crippen LogP contribution in [0.5, 0.6) is 0 Å². The van der Waals surface area contributed by atoms with E-state index in [0.717, 1.165) is 18.2 Å². The Labute approximate surface area is 211 Å². The van der Waals surface area contributed by atoms with Crippen molar-refractivity contribution in [3.63, 3.8) is 0 Å². The normalized spacial score (nSPS) is 18.1. The van der Waals surface area contributed by atoms with E-state index in [4.69, 9.17) is 9.53 Å². The molecule has 1 aromatic rings. The van der Waals surface area contributed by atoms with Gasteiger partial charge in [-0.25, -0.2) is 4.79 Å². The lowest BCUT2D eigenvalue weighted by Gasteiger charge is -2.44. The maximum absolute atomic E-state index is 12.8. The van der Waals surface area contributed by atoms with E-state index < -0.39 is 42.5 Å². The zero-order valence-electron chi connectivity index (χ0n) is 21.0. The molecule has 1 fully saturated rings. The summed E-state index contributed by atoms with van der Waals surface area (Å²) in [4.78, 5) is 61.5. The van der Waals surface area contributed by atoms with Gasteiger partial charge >= 0.3 is 11.9 Å². The molecule has 1 aliphatic heterocycles. The minimum atomic E-state index is -2.09. The average Bonchev–Trinajstić information content (AvgIpc) is 2.79. The fourth-order valence-corrected chi connectivity index (χ4v) is 5.41. The number of benzene rings is 1. The van der Waals surface area contributed by atoms with Crippen molar-refractivity contribution in [2.45, 2.75) is 70.0 Å². The molecule has 0 aliphatic carbocycles. The summed E-state index contributed by atoms with van der Waals surface area (Å²) in [7, 11) is -2.09. The average molecular weight is 523 g/mol. The van der Waals surface area contributed by atoms with Crippen molar-refractivity contribution in [3.05, 3.63) is 35.4 Å². The predicted molar refractivity (Wildman–Crippen MR) is 136 cm³/mol. The number of amides is 3. The predicted octanol–water partition coefficient (Wildman–Crippen LogP) is 3.30. The fraction of sp³-hybridized carbons (Fsp3) is 0.542. The SMILES string of the molecule is CCCNC(=O)c1ccc(C(=O)S[C@@H]2C(=O)N(C(=O)C(=O)O)[C@@H]2CCO[Si](C)(C)C(C)(C)C)cc1. The second-order valence-corrected chi connectivity index (χ2v) is 15.9. The summed E-state index contributed by atoms with van der Waals surface area (Å²) in [6.07, 6.45) is 1.04. The molecule has 0 unspecified atom stereocenters. The van der Waals surface area contributed by atoms with Crippen LogP contribution in [-0.2, 0) is 18.8 Å². The number of hydrogen-bond donors (Lipinski definition) is 2. The van der Waals surface area contributed by atoms with Crippen LogP contribution in [0.4, 0.5) is 0 Å². The molecule has 2 atom stereocenters. The molecule has 3 amide bonds. The van der Waals surface area contributed by atoms with Crippen LogP contribution < -0.4 is 5.32 Å². The van der Waals surface area contributed by atoms with Crippen LogP contribution in [0.25, 0.3) is 0 Å². The van der Waals surface area contributed by atoms with Gasteiger partial charge in [0.1, 0.15) is 5.25 Å². The van der Waals surface area contributed by atoms with E-state index in [0.29, 0.717) is 22.6 Å². The number of carbonyl (C=O) groups is 5. The summed E-state index contributed by atoms with van der Waals surface area (Å²) in [5.74, 6) is -3.97. The summed E-state index contributed by atoms with van der Waals surface area (Å²) >= 11 is 0.760. The van der Waals surface area contributed by atoms with Crippen molar-refractivity contribution in [2.24, 2.45) is 0 Å². The highest BCUT2D eigenvalue weighted by Crippen LogP contribution is 2.38. The highest BCUT2D eigenvalue weighted by atomic mass is 32.2. The van der Waals surface area contributed by atoms with Gasteiger partial charge < -0.3 is 14.8 Å². The first-order chi connectivity index (χ1) is 16.2. The summed E-state index contributed by atoms with van der Waals surface area (Å²) in [6, 6.07) is 5.33. The number of carbonyl (C=O) groups excluding carboxylic acids is 4. The van der Waals surface area contributed by atoms with Crippen LogP contribution in [0.3, 0.4) is 0 Å². The van der Waals surface area contributed by atoms with Crippen LogP contribution >= 0.6 is 11.8 Å². The summed E-state index contributed by atoms with van der Waals surface area (Å²) in [5.41, 5.74) is 0.715. The molecule has 1 heterocycles. The van der Waals surface area contributed by atoms with Crippen LogP contribution in [-0.4, -0.2) is 71.6 Å². The van der Waals surface area contributed by atoms with Crippen molar-refractivity contribution in [3.8, 4) is 0 Å². The number of nitrogens with one attached hydrogen (secondary N) is 1. The molecule has 1 aromatic carbocycles. The second-order valence-electron chi connectivity index (χ2n) is 9.94. The Morgan fingerprint density at radius 1 is 1.11 bits per heavy atom. The molecule has 9 nitrogen and oxygen atoms in total.